The predicted octanol–water partition coefficient (Wildman–Crippen LogP) is 3.95. The lowest BCUT2D eigenvalue weighted by atomic mass is 10.2. The molecule has 2 aromatic heterocycles. The zero-order chi connectivity index (χ0) is 17.5. The highest BCUT2D eigenvalue weighted by atomic mass is 127. The van der Waals surface area contributed by atoms with Crippen LogP contribution in [0, 0.1) is 5.82 Å². The van der Waals surface area contributed by atoms with Crippen molar-refractivity contribution in [3.63, 3.8) is 0 Å². The number of thiophene rings is 1. The zero-order valence-electron chi connectivity index (χ0n) is 14.4. The van der Waals surface area contributed by atoms with Gasteiger partial charge in [0, 0.05) is 23.8 Å². The van der Waals surface area contributed by atoms with Crippen molar-refractivity contribution in [3.8, 4) is 5.69 Å². The minimum atomic E-state index is -0.290. The van der Waals surface area contributed by atoms with E-state index in [0.29, 0.717) is 12.2 Å². The van der Waals surface area contributed by atoms with Gasteiger partial charge < -0.3 is 15.2 Å². The number of nitrogens with one attached hydrogen (secondary N) is 2. The summed E-state index contributed by atoms with van der Waals surface area (Å²) < 4.78 is 15.9. The first-order valence-corrected chi connectivity index (χ1v) is 8.95. The molecule has 0 spiro atoms. The Hall–Kier alpha value is -1.94. The highest BCUT2D eigenvalue weighted by molar-refractivity contribution is 14.0. The molecule has 0 radical (unpaired) electrons. The summed E-state index contributed by atoms with van der Waals surface area (Å²) in [4.78, 5) is 9.71. The first-order valence-electron chi connectivity index (χ1n) is 8.07. The second-order valence-corrected chi connectivity index (χ2v) is 6.42. The molecule has 0 saturated carbocycles. The van der Waals surface area contributed by atoms with Gasteiger partial charge in [0.15, 0.2) is 5.96 Å². The molecule has 0 bridgehead atoms. The van der Waals surface area contributed by atoms with Crippen LogP contribution in [0.4, 0.5) is 4.39 Å². The second-order valence-electron chi connectivity index (χ2n) is 5.38. The van der Waals surface area contributed by atoms with Gasteiger partial charge >= 0.3 is 0 Å². The molecule has 8 heteroatoms. The molecule has 5 nitrogen and oxygen atoms in total. The fourth-order valence-corrected chi connectivity index (χ4v) is 3.00. The minimum Gasteiger partial charge on any atom is -0.357 e. The summed E-state index contributed by atoms with van der Waals surface area (Å²) in [5.41, 5.74) is 1.29. The van der Waals surface area contributed by atoms with E-state index < -0.39 is 0 Å². The van der Waals surface area contributed by atoms with Crippen LogP contribution in [-0.2, 0) is 13.1 Å². The van der Waals surface area contributed by atoms with E-state index in [-0.39, 0.29) is 29.8 Å². The van der Waals surface area contributed by atoms with Crippen molar-refractivity contribution >= 4 is 41.3 Å². The van der Waals surface area contributed by atoms with Crippen LogP contribution in [0.5, 0.6) is 0 Å². The van der Waals surface area contributed by atoms with Crippen molar-refractivity contribution in [3.05, 3.63) is 70.7 Å². The Kier molecular flexibility index (Phi) is 8.05. The number of halogens is 2. The molecule has 3 aromatic rings. The molecule has 26 heavy (non-hydrogen) atoms. The minimum absolute atomic E-state index is 0. The van der Waals surface area contributed by atoms with Crippen LogP contribution in [0.2, 0.25) is 0 Å². The normalized spacial score (nSPS) is 11.1. The molecule has 3 rings (SSSR count). The van der Waals surface area contributed by atoms with Gasteiger partial charge in [0.25, 0.3) is 0 Å². The Morgan fingerprint density at radius 1 is 1.31 bits per heavy atom. The van der Waals surface area contributed by atoms with Gasteiger partial charge in [0.1, 0.15) is 5.82 Å². The first-order chi connectivity index (χ1) is 12.3. The Bertz CT molecular complexity index is 818. The van der Waals surface area contributed by atoms with Crippen molar-refractivity contribution in [1.29, 1.82) is 0 Å². The summed E-state index contributed by atoms with van der Waals surface area (Å²) in [5, 5.41) is 8.53. The lowest BCUT2D eigenvalue weighted by Gasteiger charge is -2.11. The molecular weight excluding hydrogens is 464 g/mol. The lowest BCUT2D eigenvalue weighted by molar-refractivity contribution is 0.615. The Morgan fingerprint density at radius 2 is 2.19 bits per heavy atom. The summed E-state index contributed by atoms with van der Waals surface area (Å²) in [6, 6.07) is 9.24. The van der Waals surface area contributed by atoms with Gasteiger partial charge in [-0.1, -0.05) is 12.1 Å². The molecule has 0 aliphatic heterocycles. The van der Waals surface area contributed by atoms with Crippen molar-refractivity contribution < 1.29 is 4.39 Å². The van der Waals surface area contributed by atoms with Crippen LogP contribution in [0.15, 0.2) is 59.4 Å². The van der Waals surface area contributed by atoms with Gasteiger partial charge in [-0.2, -0.15) is 0 Å². The van der Waals surface area contributed by atoms with Gasteiger partial charge in [-0.05, 0) is 36.1 Å². The topological polar surface area (TPSA) is 54.2 Å². The third-order valence-corrected chi connectivity index (χ3v) is 4.45. The van der Waals surface area contributed by atoms with E-state index in [1.54, 1.807) is 40.7 Å². The fraction of sp³-hybridized carbons (Fsp3) is 0.222. The van der Waals surface area contributed by atoms with Crippen LogP contribution in [0.1, 0.15) is 17.4 Å². The maximum Gasteiger partial charge on any atom is 0.191 e. The summed E-state index contributed by atoms with van der Waals surface area (Å²) in [6.45, 7) is 3.91. The molecule has 0 aliphatic carbocycles. The summed E-state index contributed by atoms with van der Waals surface area (Å²) in [7, 11) is 0. The monoisotopic (exact) mass is 485 g/mol. The van der Waals surface area contributed by atoms with Gasteiger partial charge in [-0.3, -0.25) is 0 Å². The van der Waals surface area contributed by atoms with E-state index >= 15 is 0 Å². The lowest BCUT2D eigenvalue weighted by Crippen LogP contribution is -2.36. The first kappa shape index (κ1) is 20.4. The average Bonchev–Trinajstić information content (AvgIpc) is 3.31. The molecule has 2 N–H and O–H groups in total. The number of rotatable bonds is 6. The zero-order valence-corrected chi connectivity index (χ0v) is 17.5. The van der Waals surface area contributed by atoms with Crippen molar-refractivity contribution in [2.24, 2.45) is 4.99 Å². The maximum atomic E-state index is 14.3. The standard InChI is InChI=1S/C18H20FN5S.HI/c1-2-21-18(23-12-15-4-3-9-25-15)22-11-14-5-6-17(16(19)10-14)24-8-7-20-13-24;/h3-10,13H,2,11-12H2,1H3,(H2,21,22,23);1H. The fourth-order valence-electron chi connectivity index (χ4n) is 2.36. The predicted molar refractivity (Wildman–Crippen MR) is 115 cm³/mol. The Balaban J connectivity index is 0.00000243. The van der Waals surface area contributed by atoms with Gasteiger partial charge in [0.05, 0.1) is 25.1 Å². The van der Waals surface area contributed by atoms with Gasteiger partial charge in [-0.15, -0.1) is 35.3 Å². The summed E-state index contributed by atoms with van der Waals surface area (Å²) >= 11 is 1.70. The number of imidazole rings is 1. The molecule has 0 saturated heterocycles. The maximum absolute atomic E-state index is 14.3. The average molecular weight is 485 g/mol. The SMILES string of the molecule is CCNC(=NCc1ccc(-n2ccnc2)c(F)c1)NCc1cccs1.I. The van der Waals surface area contributed by atoms with Crippen LogP contribution in [-0.4, -0.2) is 22.1 Å². The van der Waals surface area contributed by atoms with E-state index in [0.717, 1.165) is 24.6 Å². The van der Waals surface area contributed by atoms with E-state index in [1.165, 1.54) is 10.9 Å². The number of benzene rings is 1. The largest absolute Gasteiger partial charge is 0.357 e. The van der Waals surface area contributed by atoms with Crippen molar-refractivity contribution in [2.45, 2.75) is 20.0 Å². The van der Waals surface area contributed by atoms with Crippen molar-refractivity contribution in [2.75, 3.05) is 6.54 Å². The molecule has 1 aromatic carbocycles. The highest BCUT2D eigenvalue weighted by Gasteiger charge is 2.06. The number of hydrogen-bond acceptors (Lipinski definition) is 3. The molecular formula is C18H21FIN5S. The smallest absolute Gasteiger partial charge is 0.191 e. The van der Waals surface area contributed by atoms with Crippen LogP contribution >= 0.6 is 35.3 Å². The van der Waals surface area contributed by atoms with Crippen molar-refractivity contribution in [1.82, 2.24) is 20.2 Å². The highest BCUT2D eigenvalue weighted by Crippen LogP contribution is 2.15. The molecule has 0 amide bonds. The molecule has 0 unspecified atom stereocenters. The number of hydrogen-bond donors (Lipinski definition) is 2. The summed E-state index contributed by atoms with van der Waals surface area (Å²) in [5.74, 6) is 0.428. The van der Waals surface area contributed by atoms with Crippen LogP contribution in [0.25, 0.3) is 5.69 Å². The molecule has 2 heterocycles. The van der Waals surface area contributed by atoms with Gasteiger partial charge in [0.2, 0.25) is 0 Å². The third-order valence-electron chi connectivity index (χ3n) is 3.57. The number of nitrogens with zero attached hydrogens (tertiary/aromatic N) is 3. The number of aromatic nitrogens is 2. The second kappa shape index (κ2) is 10.3. The quantitative estimate of drug-likeness (QED) is 0.316. The van der Waals surface area contributed by atoms with Crippen LogP contribution in [0.3, 0.4) is 0 Å². The van der Waals surface area contributed by atoms with E-state index in [9.17, 15) is 4.39 Å². The molecule has 0 atom stereocenters. The molecule has 0 fully saturated rings. The van der Waals surface area contributed by atoms with E-state index in [1.807, 2.05) is 24.4 Å². The molecule has 0 aliphatic rings. The number of aliphatic imine (C=N–C) groups is 1. The third kappa shape index (κ3) is 5.53. The number of guanidine groups is 1. The Morgan fingerprint density at radius 3 is 2.85 bits per heavy atom. The van der Waals surface area contributed by atoms with Crippen LogP contribution < -0.4 is 10.6 Å². The summed E-state index contributed by atoms with van der Waals surface area (Å²) in [6.07, 6.45) is 4.92. The van der Waals surface area contributed by atoms with E-state index in [4.69, 9.17) is 0 Å². The molecule has 138 valence electrons. The van der Waals surface area contributed by atoms with E-state index in [2.05, 4.69) is 26.7 Å². The Labute approximate surface area is 173 Å². The van der Waals surface area contributed by atoms with Gasteiger partial charge in [-0.25, -0.2) is 14.4 Å².